The Morgan fingerprint density at radius 3 is 2.41 bits per heavy atom. The highest BCUT2D eigenvalue weighted by Gasteiger charge is 2.23. The number of hydrogen-bond acceptors (Lipinski definition) is 6. The molecule has 2 aromatic rings. The number of carbonyl (C=O) groups is 2. The van der Waals surface area contributed by atoms with Gasteiger partial charge in [0.15, 0.2) is 6.10 Å². The zero-order valence-electron chi connectivity index (χ0n) is 14.8. The van der Waals surface area contributed by atoms with Crippen molar-refractivity contribution >= 4 is 21.9 Å². The van der Waals surface area contributed by atoms with Gasteiger partial charge in [-0.3, -0.25) is 4.79 Å². The molecule has 0 unspecified atom stereocenters. The third kappa shape index (κ3) is 5.53. The molecule has 9 heteroatoms. The van der Waals surface area contributed by atoms with Crippen molar-refractivity contribution in [3.05, 3.63) is 59.7 Å². The van der Waals surface area contributed by atoms with Gasteiger partial charge in [-0.25, -0.2) is 18.4 Å². The molecule has 0 saturated carbocycles. The van der Waals surface area contributed by atoms with Crippen LogP contribution in [0.4, 0.5) is 0 Å². The summed E-state index contributed by atoms with van der Waals surface area (Å²) in [6, 6.07) is 12.8. The summed E-state index contributed by atoms with van der Waals surface area (Å²) in [5.74, 6) is -1.29. The number of benzene rings is 2. The van der Waals surface area contributed by atoms with E-state index in [1.54, 1.807) is 0 Å². The van der Waals surface area contributed by atoms with Gasteiger partial charge in [0.1, 0.15) is 11.3 Å². The van der Waals surface area contributed by atoms with E-state index in [-0.39, 0.29) is 22.8 Å². The maximum absolute atomic E-state index is 12.4. The molecule has 0 aliphatic carbocycles. The minimum absolute atomic E-state index is 0.101. The fraction of sp³-hybridized carbons (Fsp3) is 0.222. The number of nitrogens with two attached hydrogens (primary N) is 1. The third-order valence-electron chi connectivity index (χ3n) is 3.68. The molecule has 0 fully saturated rings. The van der Waals surface area contributed by atoms with Crippen molar-refractivity contribution in [2.75, 3.05) is 7.11 Å². The highest BCUT2D eigenvalue weighted by atomic mass is 32.2. The molecule has 0 heterocycles. The highest BCUT2D eigenvalue weighted by molar-refractivity contribution is 7.89. The number of sulfonamides is 1. The first kappa shape index (κ1) is 20.4. The van der Waals surface area contributed by atoms with Crippen LogP contribution < -0.4 is 15.2 Å². The lowest BCUT2D eigenvalue weighted by atomic mass is 10.2. The number of hydrogen-bond donors (Lipinski definition) is 2. The second kappa shape index (κ2) is 8.65. The van der Waals surface area contributed by atoms with Crippen LogP contribution in [-0.2, 0) is 26.1 Å². The van der Waals surface area contributed by atoms with Gasteiger partial charge < -0.3 is 14.8 Å². The van der Waals surface area contributed by atoms with Gasteiger partial charge in [-0.2, -0.15) is 0 Å². The van der Waals surface area contributed by atoms with Crippen LogP contribution in [-0.4, -0.2) is 33.5 Å². The van der Waals surface area contributed by atoms with Gasteiger partial charge in [-0.1, -0.05) is 30.3 Å². The topological polar surface area (TPSA) is 125 Å². The molecule has 2 aromatic carbocycles. The number of esters is 1. The van der Waals surface area contributed by atoms with E-state index in [9.17, 15) is 18.0 Å². The van der Waals surface area contributed by atoms with E-state index in [1.165, 1.54) is 26.2 Å². The van der Waals surface area contributed by atoms with E-state index in [2.05, 4.69) is 5.32 Å². The summed E-state index contributed by atoms with van der Waals surface area (Å²) >= 11 is 0. The number of rotatable bonds is 7. The van der Waals surface area contributed by atoms with Crippen LogP contribution in [0.15, 0.2) is 53.4 Å². The van der Waals surface area contributed by atoms with E-state index in [1.807, 2.05) is 30.3 Å². The summed E-state index contributed by atoms with van der Waals surface area (Å²) in [7, 11) is -2.69. The van der Waals surface area contributed by atoms with Gasteiger partial charge in [0, 0.05) is 6.54 Å². The van der Waals surface area contributed by atoms with Crippen molar-refractivity contribution in [2.24, 2.45) is 5.14 Å². The molecular formula is C18H20N2O6S. The standard InChI is InChI=1S/C18H20N2O6S/c1-12(17(21)20-11-13-6-4-3-5-7-13)26-18(22)15-10-14(27(19,23)24)8-9-16(15)25-2/h3-10,12H,11H2,1-2H3,(H,20,21)(H2,19,23,24)/t12-/m0/s1. The van der Waals surface area contributed by atoms with E-state index < -0.39 is 28.0 Å². The van der Waals surface area contributed by atoms with Gasteiger partial charge in [0.25, 0.3) is 5.91 Å². The Morgan fingerprint density at radius 2 is 1.81 bits per heavy atom. The number of amides is 1. The van der Waals surface area contributed by atoms with Gasteiger partial charge in [0.05, 0.1) is 12.0 Å². The average Bonchev–Trinajstić information content (AvgIpc) is 2.65. The van der Waals surface area contributed by atoms with Crippen molar-refractivity contribution in [1.29, 1.82) is 0 Å². The van der Waals surface area contributed by atoms with Crippen molar-refractivity contribution in [2.45, 2.75) is 24.5 Å². The van der Waals surface area contributed by atoms with Crippen LogP contribution in [0.25, 0.3) is 0 Å². The first-order valence-corrected chi connectivity index (χ1v) is 9.50. The van der Waals surface area contributed by atoms with Crippen LogP contribution in [0.3, 0.4) is 0 Å². The van der Waals surface area contributed by atoms with Gasteiger partial charge in [-0.05, 0) is 30.7 Å². The van der Waals surface area contributed by atoms with Crippen LogP contribution in [0, 0.1) is 0 Å². The molecule has 0 aliphatic heterocycles. The first-order chi connectivity index (χ1) is 12.7. The molecule has 0 aromatic heterocycles. The van der Waals surface area contributed by atoms with E-state index in [4.69, 9.17) is 14.6 Å². The highest BCUT2D eigenvalue weighted by Crippen LogP contribution is 2.23. The summed E-state index contributed by atoms with van der Waals surface area (Å²) in [5.41, 5.74) is 0.749. The molecule has 0 radical (unpaired) electrons. The Labute approximate surface area is 157 Å². The normalized spacial score (nSPS) is 12.1. The molecule has 2 rings (SSSR count). The maximum atomic E-state index is 12.4. The largest absolute Gasteiger partial charge is 0.496 e. The predicted molar refractivity (Wildman–Crippen MR) is 97.5 cm³/mol. The number of methoxy groups -OCH3 is 1. The lowest BCUT2D eigenvalue weighted by Crippen LogP contribution is -2.35. The van der Waals surface area contributed by atoms with E-state index in [0.29, 0.717) is 0 Å². The zero-order chi connectivity index (χ0) is 20.0. The second-order valence-electron chi connectivity index (χ2n) is 5.66. The Hall–Kier alpha value is -2.91. The number of primary sulfonamides is 1. The predicted octanol–water partition coefficient (Wildman–Crippen LogP) is 1.20. The second-order valence-corrected chi connectivity index (χ2v) is 7.22. The smallest absolute Gasteiger partial charge is 0.342 e. The number of carbonyl (C=O) groups excluding carboxylic acids is 2. The van der Waals surface area contributed by atoms with Crippen molar-refractivity contribution in [3.8, 4) is 5.75 Å². The molecular weight excluding hydrogens is 372 g/mol. The summed E-state index contributed by atoms with van der Waals surface area (Å²) in [4.78, 5) is 24.2. The summed E-state index contributed by atoms with van der Waals surface area (Å²) in [5, 5.41) is 7.73. The number of ether oxygens (including phenoxy) is 2. The van der Waals surface area contributed by atoms with Crippen molar-refractivity contribution in [3.63, 3.8) is 0 Å². The Kier molecular flexibility index (Phi) is 6.54. The SMILES string of the molecule is COc1ccc(S(N)(=O)=O)cc1C(=O)O[C@@H](C)C(=O)NCc1ccccc1. The molecule has 1 amide bonds. The monoisotopic (exact) mass is 392 g/mol. The Morgan fingerprint density at radius 1 is 1.15 bits per heavy atom. The van der Waals surface area contributed by atoms with Gasteiger partial charge in [0.2, 0.25) is 10.0 Å². The molecule has 8 nitrogen and oxygen atoms in total. The Balaban J connectivity index is 2.08. The van der Waals surface area contributed by atoms with Crippen molar-refractivity contribution in [1.82, 2.24) is 5.32 Å². The minimum Gasteiger partial charge on any atom is -0.496 e. The molecule has 27 heavy (non-hydrogen) atoms. The average molecular weight is 392 g/mol. The van der Waals surface area contributed by atoms with Gasteiger partial charge >= 0.3 is 5.97 Å². The zero-order valence-corrected chi connectivity index (χ0v) is 15.7. The minimum atomic E-state index is -4.01. The lowest BCUT2D eigenvalue weighted by molar-refractivity contribution is -0.129. The van der Waals surface area contributed by atoms with E-state index in [0.717, 1.165) is 11.6 Å². The van der Waals surface area contributed by atoms with E-state index >= 15 is 0 Å². The summed E-state index contributed by atoms with van der Waals surface area (Å²) in [6.07, 6.45) is -1.09. The van der Waals surface area contributed by atoms with Gasteiger partial charge in [-0.15, -0.1) is 0 Å². The molecule has 0 spiro atoms. The molecule has 0 saturated heterocycles. The van der Waals surface area contributed by atoms with Crippen LogP contribution in [0.2, 0.25) is 0 Å². The Bertz CT molecular complexity index is 928. The fourth-order valence-electron chi connectivity index (χ4n) is 2.23. The van der Waals surface area contributed by atoms with Crippen LogP contribution in [0.5, 0.6) is 5.75 Å². The quantitative estimate of drug-likeness (QED) is 0.682. The summed E-state index contributed by atoms with van der Waals surface area (Å²) in [6.45, 7) is 1.69. The fourth-order valence-corrected chi connectivity index (χ4v) is 2.77. The number of nitrogens with one attached hydrogen (secondary N) is 1. The van der Waals surface area contributed by atoms with Crippen LogP contribution >= 0.6 is 0 Å². The molecule has 0 aliphatic rings. The lowest BCUT2D eigenvalue weighted by Gasteiger charge is -2.15. The molecule has 0 bridgehead atoms. The molecule has 1 atom stereocenters. The van der Waals surface area contributed by atoms with Crippen LogP contribution in [0.1, 0.15) is 22.8 Å². The summed E-state index contributed by atoms with van der Waals surface area (Å²) < 4.78 is 33.1. The maximum Gasteiger partial charge on any atom is 0.342 e. The third-order valence-corrected chi connectivity index (χ3v) is 4.59. The van der Waals surface area contributed by atoms with Crippen molar-refractivity contribution < 1.29 is 27.5 Å². The first-order valence-electron chi connectivity index (χ1n) is 7.96. The molecule has 3 N–H and O–H groups in total. The molecule has 144 valence electrons.